The van der Waals surface area contributed by atoms with E-state index in [0.717, 1.165) is 0 Å². The normalized spacial score (nSPS) is 19.9. The Hall–Kier alpha value is -2.68. The number of hydrogen-bond donors (Lipinski definition) is 0. The molecular formula is C22H31FN4O4. The van der Waals surface area contributed by atoms with Gasteiger partial charge in [0.05, 0.1) is 30.4 Å². The summed E-state index contributed by atoms with van der Waals surface area (Å²) in [7, 11) is 3.15. The Labute approximate surface area is 181 Å². The molecule has 1 aromatic carbocycles. The van der Waals surface area contributed by atoms with Crippen LogP contribution in [0.3, 0.4) is 0 Å². The van der Waals surface area contributed by atoms with Gasteiger partial charge in [0.15, 0.2) is 0 Å². The minimum Gasteiger partial charge on any atom is -0.497 e. The van der Waals surface area contributed by atoms with Gasteiger partial charge in [0.25, 0.3) is 5.56 Å². The van der Waals surface area contributed by atoms with Crippen molar-refractivity contribution in [3.05, 3.63) is 34.7 Å². The molecule has 2 aromatic rings. The van der Waals surface area contributed by atoms with Gasteiger partial charge < -0.3 is 18.9 Å². The van der Waals surface area contributed by atoms with E-state index in [9.17, 15) is 14.0 Å². The molecule has 0 saturated carbocycles. The second-order valence-corrected chi connectivity index (χ2v) is 8.87. The summed E-state index contributed by atoms with van der Waals surface area (Å²) in [6.45, 7) is 7.10. The fourth-order valence-electron chi connectivity index (χ4n) is 3.80. The fourth-order valence-corrected chi connectivity index (χ4v) is 3.80. The SMILES string of the molecule is COc1ccc2ncc(=O)n(CCN3CCC(N(C)C(=O)OC(C)(C)C)C(F)C3)c2c1. The number of rotatable bonds is 5. The van der Waals surface area contributed by atoms with E-state index in [-0.39, 0.29) is 12.1 Å². The Morgan fingerprint density at radius 2 is 2.06 bits per heavy atom. The highest BCUT2D eigenvalue weighted by Crippen LogP contribution is 2.22. The van der Waals surface area contributed by atoms with Crippen LogP contribution in [0.25, 0.3) is 11.0 Å². The molecule has 1 aromatic heterocycles. The molecule has 1 saturated heterocycles. The van der Waals surface area contributed by atoms with Gasteiger partial charge in [-0.3, -0.25) is 9.69 Å². The van der Waals surface area contributed by atoms with Gasteiger partial charge in [0, 0.05) is 39.3 Å². The summed E-state index contributed by atoms with van der Waals surface area (Å²) in [6, 6.07) is 4.85. The van der Waals surface area contributed by atoms with Gasteiger partial charge in [-0.15, -0.1) is 0 Å². The molecule has 2 atom stereocenters. The predicted octanol–water partition coefficient (Wildman–Crippen LogP) is 2.68. The predicted molar refractivity (Wildman–Crippen MR) is 116 cm³/mol. The van der Waals surface area contributed by atoms with E-state index < -0.39 is 23.9 Å². The lowest BCUT2D eigenvalue weighted by Gasteiger charge is -2.39. The summed E-state index contributed by atoms with van der Waals surface area (Å²) < 4.78 is 27.2. The quantitative estimate of drug-likeness (QED) is 0.720. The van der Waals surface area contributed by atoms with Crippen LogP contribution in [-0.4, -0.2) is 77.1 Å². The van der Waals surface area contributed by atoms with Gasteiger partial charge in [-0.05, 0) is 39.3 Å². The third-order valence-corrected chi connectivity index (χ3v) is 5.46. The molecule has 0 aliphatic carbocycles. The van der Waals surface area contributed by atoms with Crippen LogP contribution in [0.4, 0.5) is 9.18 Å². The maximum absolute atomic E-state index is 14.9. The minimum absolute atomic E-state index is 0.193. The Balaban J connectivity index is 1.64. The molecule has 170 valence electrons. The third kappa shape index (κ3) is 5.52. The lowest BCUT2D eigenvalue weighted by molar-refractivity contribution is -0.00249. The molecule has 0 bridgehead atoms. The molecule has 8 nitrogen and oxygen atoms in total. The van der Waals surface area contributed by atoms with Crippen molar-refractivity contribution < 1.29 is 18.7 Å². The lowest BCUT2D eigenvalue weighted by Crippen LogP contribution is -2.54. The van der Waals surface area contributed by atoms with Crippen molar-refractivity contribution in [3.8, 4) is 5.75 Å². The van der Waals surface area contributed by atoms with Crippen molar-refractivity contribution in [1.29, 1.82) is 0 Å². The van der Waals surface area contributed by atoms with E-state index in [1.165, 1.54) is 11.1 Å². The number of carbonyl (C=O) groups excluding carboxylic acids is 1. The maximum Gasteiger partial charge on any atom is 0.410 e. The monoisotopic (exact) mass is 434 g/mol. The number of halogens is 1. The van der Waals surface area contributed by atoms with Gasteiger partial charge in [0.1, 0.15) is 17.5 Å². The number of hydrogen-bond acceptors (Lipinski definition) is 6. The van der Waals surface area contributed by atoms with E-state index in [2.05, 4.69) is 4.98 Å². The topological polar surface area (TPSA) is 76.9 Å². The Bertz CT molecular complexity index is 988. The van der Waals surface area contributed by atoms with Gasteiger partial charge >= 0.3 is 6.09 Å². The van der Waals surface area contributed by atoms with Crippen LogP contribution in [0.2, 0.25) is 0 Å². The second-order valence-electron chi connectivity index (χ2n) is 8.87. The van der Waals surface area contributed by atoms with Crippen LogP contribution < -0.4 is 10.3 Å². The molecule has 1 fully saturated rings. The smallest absolute Gasteiger partial charge is 0.410 e. The first-order chi connectivity index (χ1) is 14.6. The molecular weight excluding hydrogens is 403 g/mol. The number of likely N-dealkylation sites (tertiary alicyclic amines) is 1. The van der Waals surface area contributed by atoms with Gasteiger partial charge in [-0.1, -0.05) is 0 Å². The number of piperidine rings is 1. The summed E-state index contributed by atoms with van der Waals surface area (Å²) in [5.74, 6) is 0.642. The minimum atomic E-state index is -1.20. The highest BCUT2D eigenvalue weighted by Gasteiger charge is 2.35. The number of fused-ring (bicyclic) bond motifs is 1. The molecule has 9 heteroatoms. The molecule has 3 rings (SSSR count). The van der Waals surface area contributed by atoms with E-state index in [1.807, 2.05) is 4.90 Å². The summed E-state index contributed by atoms with van der Waals surface area (Å²) in [6.07, 6.45) is 0.0838. The standard InChI is InChI=1S/C22H31FN4O4/c1-22(2,3)31-21(29)25(4)18-8-9-26(14-16(18)23)10-11-27-19-12-15(30-5)6-7-17(19)24-13-20(27)28/h6-7,12-13,16,18H,8-11,14H2,1-5H3. The van der Waals surface area contributed by atoms with Crippen molar-refractivity contribution in [2.24, 2.45) is 0 Å². The van der Waals surface area contributed by atoms with Crippen molar-refractivity contribution in [1.82, 2.24) is 19.4 Å². The van der Waals surface area contributed by atoms with Crippen LogP contribution in [0, 0.1) is 0 Å². The van der Waals surface area contributed by atoms with Gasteiger partial charge in [-0.25, -0.2) is 14.2 Å². The first-order valence-electron chi connectivity index (χ1n) is 10.4. The number of benzene rings is 1. The van der Waals surface area contributed by atoms with Crippen molar-refractivity contribution >= 4 is 17.1 Å². The summed E-state index contributed by atoms with van der Waals surface area (Å²) in [5, 5.41) is 0. The number of aromatic nitrogens is 2. The van der Waals surface area contributed by atoms with Crippen LogP contribution >= 0.6 is 0 Å². The summed E-state index contributed by atoms with van der Waals surface area (Å²) in [4.78, 5) is 32.2. The highest BCUT2D eigenvalue weighted by atomic mass is 19.1. The third-order valence-electron chi connectivity index (χ3n) is 5.46. The molecule has 2 unspecified atom stereocenters. The Morgan fingerprint density at radius 3 is 2.71 bits per heavy atom. The van der Waals surface area contributed by atoms with E-state index in [4.69, 9.17) is 9.47 Å². The number of alkyl halides is 1. The molecule has 0 N–H and O–H groups in total. The van der Waals surface area contributed by atoms with Crippen molar-refractivity contribution in [2.75, 3.05) is 33.8 Å². The average molecular weight is 435 g/mol. The number of carbonyl (C=O) groups is 1. The van der Waals surface area contributed by atoms with Crippen LogP contribution in [-0.2, 0) is 11.3 Å². The van der Waals surface area contributed by atoms with Crippen molar-refractivity contribution in [3.63, 3.8) is 0 Å². The number of amides is 1. The molecule has 31 heavy (non-hydrogen) atoms. The Morgan fingerprint density at radius 1 is 1.32 bits per heavy atom. The Kier molecular flexibility index (Phi) is 6.83. The molecule has 0 radical (unpaired) electrons. The van der Waals surface area contributed by atoms with Crippen LogP contribution in [0.15, 0.2) is 29.2 Å². The number of ether oxygens (including phenoxy) is 2. The van der Waals surface area contributed by atoms with E-state index in [0.29, 0.717) is 42.8 Å². The van der Waals surface area contributed by atoms with E-state index in [1.54, 1.807) is 57.7 Å². The van der Waals surface area contributed by atoms with Gasteiger partial charge in [0.2, 0.25) is 0 Å². The highest BCUT2D eigenvalue weighted by molar-refractivity contribution is 5.76. The zero-order valence-corrected chi connectivity index (χ0v) is 18.8. The second kappa shape index (κ2) is 9.21. The molecule has 1 aliphatic heterocycles. The zero-order valence-electron chi connectivity index (χ0n) is 18.8. The first-order valence-corrected chi connectivity index (χ1v) is 10.4. The molecule has 1 amide bonds. The fraction of sp³-hybridized carbons (Fsp3) is 0.591. The van der Waals surface area contributed by atoms with Gasteiger partial charge in [-0.2, -0.15) is 0 Å². The lowest BCUT2D eigenvalue weighted by atomic mass is 10.0. The number of nitrogens with zero attached hydrogens (tertiary/aromatic N) is 4. The molecule has 2 heterocycles. The zero-order chi connectivity index (χ0) is 22.8. The summed E-state index contributed by atoms with van der Waals surface area (Å²) >= 11 is 0. The number of methoxy groups -OCH3 is 1. The van der Waals surface area contributed by atoms with Crippen LogP contribution in [0.1, 0.15) is 27.2 Å². The molecule has 1 aliphatic rings. The maximum atomic E-state index is 14.9. The van der Waals surface area contributed by atoms with Crippen molar-refractivity contribution in [2.45, 2.75) is 51.6 Å². The van der Waals surface area contributed by atoms with E-state index >= 15 is 0 Å². The average Bonchev–Trinajstić information content (AvgIpc) is 2.71. The summed E-state index contributed by atoms with van der Waals surface area (Å²) in [5.41, 5.74) is 0.544. The van der Waals surface area contributed by atoms with Crippen LogP contribution in [0.5, 0.6) is 5.75 Å². The first kappa shape index (κ1) is 23.0. The molecule has 0 spiro atoms. The largest absolute Gasteiger partial charge is 0.497 e.